The van der Waals surface area contributed by atoms with Gasteiger partial charge in [-0.3, -0.25) is 9.59 Å². The summed E-state index contributed by atoms with van der Waals surface area (Å²) in [6.07, 6.45) is 0.474. The van der Waals surface area contributed by atoms with E-state index in [4.69, 9.17) is 10.8 Å². The highest BCUT2D eigenvalue weighted by atomic mass is 16.4. The molecule has 0 saturated carbocycles. The summed E-state index contributed by atoms with van der Waals surface area (Å²) < 4.78 is 0. The van der Waals surface area contributed by atoms with Gasteiger partial charge in [-0.2, -0.15) is 0 Å². The number of carbonyl (C=O) groups excluding carboxylic acids is 1. The molecule has 0 aliphatic carbocycles. The van der Waals surface area contributed by atoms with E-state index in [1.165, 1.54) is 4.90 Å². The number of aliphatic carboxylic acids is 1. The van der Waals surface area contributed by atoms with E-state index >= 15 is 0 Å². The Balaban J connectivity index is 4.73. The maximum absolute atomic E-state index is 12.1. The second-order valence-corrected chi connectivity index (χ2v) is 4.31. The van der Waals surface area contributed by atoms with Crippen LogP contribution in [0.5, 0.6) is 0 Å². The number of hydrogen-bond donors (Lipinski definition) is 2. The molecular formula is C11H22N2O3. The lowest BCUT2D eigenvalue weighted by atomic mass is 9.97. The van der Waals surface area contributed by atoms with Crippen molar-refractivity contribution < 1.29 is 14.7 Å². The molecule has 2 unspecified atom stereocenters. The Morgan fingerprint density at radius 2 is 1.94 bits per heavy atom. The van der Waals surface area contributed by atoms with E-state index in [1.807, 2.05) is 13.8 Å². The second-order valence-electron chi connectivity index (χ2n) is 4.31. The summed E-state index contributed by atoms with van der Waals surface area (Å²) in [6, 6.07) is -0.329. The fourth-order valence-corrected chi connectivity index (χ4v) is 1.50. The van der Waals surface area contributed by atoms with Crippen molar-refractivity contribution in [3.8, 4) is 0 Å². The summed E-state index contributed by atoms with van der Waals surface area (Å²) in [5.74, 6) is -1.10. The third-order valence-corrected chi connectivity index (χ3v) is 2.83. The lowest BCUT2D eigenvalue weighted by Crippen LogP contribution is -2.55. The maximum atomic E-state index is 12.1. The topological polar surface area (TPSA) is 83.6 Å². The highest BCUT2D eigenvalue weighted by Crippen LogP contribution is 2.14. The maximum Gasteiger partial charge on any atom is 0.305 e. The van der Waals surface area contributed by atoms with E-state index in [1.54, 1.807) is 13.8 Å². The summed E-state index contributed by atoms with van der Waals surface area (Å²) >= 11 is 0. The first-order chi connectivity index (χ1) is 7.26. The highest BCUT2D eigenvalue weighted by Gasteiger charge is 2.32. The van der Waals surface area contributed by atoms with Gasteiger partial charge in [0.2, 0.25) is 5.91 Å². The molecule has 2 atom stereocenters. The second kappa shape index (κ2) is 5.84. The van der Waals surface area contributed by atoms with Gasteiger partial charge in [0, 0.05) is 12.6 Å². The molecule has 0 aliphatic heterocycles. The van der Waals surface area contributed by atoms with E-state index < -0.39 is 11.5 Å². The van der Waals surface area contributed by atoms with Crippen LogP contribution < -0.4 is 5.73 Å². The zero-order chi connectivity index (χ0) is 12.9. The molecule has 16 heavy (non-hydrogen) atoms. The minimum atomic E-state index is -0.914. The first kappa shape index (κ1) is 14.9. The number of nitrogens with two attached hydrogens (primary N) is 1. The Bertz CT molecular complexity index is 264. The van der Waals surface area contributed by atoms with Crippen LogP contribution in [-0.2, 0) is 9.59 Å². The molecule has 0 aromatic heterocycles. The third kappa shape index (κ3) is 3.81. The Morgan fingerprint density at radius 3 is 2.25 bits per heavy atom. The molecule has 0 aromatic carbocycles. The van der Waals surface area contributed by atoms with E-state index in [0.717, 1.165) is 0 Å². The van der Waals surface area contributed by atoms with Gasteiger partial charge < -0.3 is 15.7 Å². The van der Waals surface area contributed by atoms with Crippen LogP contribution in [0.4, 0.5) is 0 Å². The first-order valence-corrected chi connectivity index (χ1v) is 5.58. The molecule has 0 radical (unpaired) electrons. The summed E-state index contributed by atoms with van der Waals surface area (Å²) in [6.45, 7) is 7.53. The molecule has 5 heteroatoms. The summed E-state index contributed by atoms with van der Waals surface area (Å²) in [4.78, 5) is 24.2. The minimum Gasteiger partial charge on any atom is -0.481 e. The lowest BCUT2D eigenvalue weighted by molar-refractivity contribution is -0.142. The van der Waals surface area contributed by atoms with Crippen LogP contribution >= 0.6 is 0 Å². The largest absolute Gasteiger partial charge is 0.481 e. The average Bonchev–Trinajstić information content (AvgIpc) is 2.17. The molecule has 1 amide bonds. The molecule has 0 rings (SSSR count). The summed E-state index contributed by atoms with van der Waals surface area (Å²) in [7, 11) is 0. The van der Waals surface area contributed by atoms with Crippen LogP contribution in [0, 0.1) is 0 Å². The van der Waals surface area contributed by atoms with E-state index in [2.05, 4.69) is 0 Å². The van der Waals surface area contributed by atoms with Crippen LogP contribution in [0.1, 0.15) is 40.5 Å². The normalized spacial score (nSPS) is 16.3. The highest BCUT2D eigenvalue weighted by molar-refractivity contribution is 5.86. The van der Waals surface area contributed by atoms with Gasteiger partial charge in [0.05, 0.1) is 12.0 Å². The third-order valence-electron chi connectivity index (χ3n) is 2.83. The van der Waals surface area contributed by atoms with E-state index in [9.17, 15) is 9.59 Å². The quantitative estimate of drug-likeness (QED) is 0.707. The zero-order valence-electron chi connectivity index (χ0n) is 10.5. The number of carboxylic acid groups (broad SMARTS) is 1. The number of nitrogens with zero attached hydrogens (tertiary/aromatic N) is 1. The smallest absolute Gasteiger partial charge is 0.305 e. The monoisotopic (exact) mass is 230 g/mol. The SMILES string of the molecule is CCN(C(=O)C(C)(N)CC)C(C)CC(=O)O. The van der Waals surface area contributed by atoms with Crippen molar-refractivity contribution in [2.75, 3.05) is 6.54 Å². The average molecular weight is 230 g/mol. The number of likely N-dealkylation sites (N-methyl/N-ethyl adjacent to an activating group) is 1. The molecule has 3 N–H and O–H groups in total. The fourth-order valence-electron chi connectivity index (χ4n) is 1.50. The Morgan fingerprint density at radius 1 is 1.44 bits per heavy atom. The van der Waals surface area contributed by atoms with Gasteiger partial charge in [-0.15, -0.1) is 0 Å². The molecule has 0 aliphatic rings. The molecule has 0 saturated heterocycles. The molecular weight excluding hydrogens is 208 g/mol. The fraction of sp³-hybridized carbons (Fsp3) is 0.818. The van der Waals surface area contributed by atoms with Gasteiger partial charge >= 0.3 is 5.97 Å². The van der Waals surface area contributed by atoms with Gasteiger partial charge in [0.15, 0.2) is 0 Å². The Kier molecular flexibility index (Phi) is 5.44. The van der Waals surface area contributed by atoms with Gasteiger partial charge in [-0.1, -0.05) is 6.92 Å². The Hall–Kier alpha value is -1.10. The lowest BCUT2D eigenvalue weighted by Gasteiger charge is -2.34. The molecule has 0 spiro atoms. The van der Waals surface area contributed by atoms with Crippen molar-refractivity contribution in [1.29, 1.82) is 0 Å². The van der Waals surface area contributed by atoms with Gasteiger partial charge in [0.1, 0.15) is 0 Å². The van der Waals surface area contributed by atoms with Crippen LogP contribution in [0.15, 0.2) is 0 Å². The molecule has 94 valence electrons. The minimum absolute atomic E-state index is 0.0562. The van der Waals surface area contributed by atoms with Crippen LogP contribution in [0.25, 0.3) is 0 Å². The van der Waals surface area contributed by atoms with Crippen LogP contribution in [0.2, 0.25) is 0 Å². The molecule has 0 heterocycles. The number of carboxylic acids is 1. The summed E-state index contributed by atoms with van der Waals surface area (Å²) in [5, 5.41) is 8.70. The van der Waals surface area contributed by atoms with E-state index in [0.29, 0.717) is 13.0 Å². The molecule has 0 fully saturated rings. The predicted molar refractivity (Wildman–Crippen MR) is 62.0 cm³/mol. The molecule has 5 nitrogen and oxygen atoms in total. The van der Waals surface area contributed by atoms with Gasteiger partial charge in [-0.05, 0) is 27.2 Å². The number of hydrogen-bond acceptors (Lipinski definition) is 3. The van der Waals surface area contributed by atoms with Crippen molar-refractivity contribution in [2.45, 2.75) is 52.1 Å². The number of carbonyl (C=O) groups is 2. The van der Waals surface area contributed by atoms with Crippen LogP contribution in [0.3, 0.4) is 0 Å². The van der Waals surface area contributed by atoms with Crippen molar-refractivity contribution in [1.82, 2.24) is 4.90 Å². The molecule has 0 bridgehead atoms. The van der Waals surface area contributed by atoms with Crippen LogP contribution in [-0.4, -0.2) is 40.0 Å². The van der Waals surface area contributed by atoms with E-state index in [-0.39, 0.29) is 18.4 Å². The Labute approximate surface area is 96.6 Å². The van der Waals surface area contributed by atoms with Gasteiger partial charge in [0.25, 0.3) is 0 Å². The number of amides is 1. The summed E-state index contributed by atoms with van der Waals surface area (Å²) in [5.41, 5.74) is 4.95. The molecule has 0 aromatic rings. The van der Waals surface area contributed by atoms with Gasteiger partial charge in [-0.25, -0.2) is 0 Å². The van der Waals surface area contributed by atoms with Crippen molar-refractivity contribution in [3.63, 3.8) is 0 Å². The first-order valence-electron chi connectivity index (χ1n) is 5.58. The van der Waals surface area contributed by atoms with Crippen molar-refractivity contribution in [3.05, 3.63) is 0 Å². The van der Waals surface area contributed by atoms with Crippen molar-refractivity contribution >= 4 is 11.9 Å². The zero-order valence-corrected chi connectivity index (χ0v) is 10.5. The van der Waals surface area contributed by atoms with Crippen molar-refractivity contribution in [2.24, 2.45) is 5.73 Å². The number of rotatable bonds is 6. The standard InChI is InChI=1S/C11H22N2O3/c1-5-11(4,12)10(16)13(6-2)8(3)7-9(14)15/h8H,5-7,12H2,1-4H3,(H,14,15). The predicted octanol–water partition coefficient (Wildman–Crippen LogP) is 0.825.